The summed E-state index contributed by atoms with van der Waals surface area (Å²) in [4.78, 5) is 17.9. The van der Waals surface area contributed by atoms with E-state index in [1.807, 2.05) is 6.07 Å². The van der Waals surface area contributed by atoms with Crippen molar-refractivity contribution in [2.24, 2.45) is 0 Å². The van der Waals surface area contributed by atoms with Crippen LogP contribution in [0.5, 0.6) is 0 Å². The molecule has 3 aliphatic rings. The third kappa shape index (κ3) is 3.35. The van der Waals surface area contributed by atoms with Crippen LogP contribution in [0.3, 0.4) is 0 Å². The second kappa shape index (κ2) is 7.24. The molecule has 0 aliphatic carbocycles. The molecular formula is C20H29N3O. The predicted molar refractivity (Wildman–Crippen MR) is 95.6 cm³/mol. The smallest absolute Gasteiger partial charge is 0.237 e. The third-order valence-electron chi connectivity index (χ3n) is 6.08. The van der Waals surface area contributed by atoms with Crippen molar-refractivity contribution < 1.29 is 4.79 Å². The second-order valence-electron chi connectivity index (χ2n) is 7.62. The quantitative estimate of drug-likeness (QED) is 0.922. The molecule has 4 rings (SSSR count). The second-order valence-corrected chi connectivity index (χ2v) is 7.62. The summed E-state index contributed by atoms with van der Waals surface area (Å²) in [6.07, 6.45) is 7.15. The first kappa shape index (κ1) is 16.1. The minimum absolute atomic E-state index is 0.0582. The lowest BCUT2D eigenvalue weighted by Crippen LogP contribution is -2.51. The molecule has 0 saturated carbocycles. The molecule has 0 bridgehead atoms. The molecule has 0 spiro atoms. The van der Waals surface area contributed by atoms with Crippen LogP contribution in [0.25, 0.3) is 0 Å². The number of amides is 1. The standard InChI is InChI=1S/C20H29N3O/c24-20(21-17-11-14-22-12-5-4-9-18(17)22)19-10-6-13-23(19)15-16-7-2-1-3-8-16/h1-3,7-8,17-19H,4-6,9-15H2,(H,21,24)/t17-,18+,19+/m1/s1. The van der Waals surface area contributed by atoms with Crippen LogP contribution in [0.4, 0.5) is 0 Å². The van der Waals surface area contributed by atoms with E-state index >= 15 is 0 Å². The Balaban J connectivity index is 1.36. The molecule has 3 atom stereocenters. The first-order valence-electron chi connectivity index (χ1n) is 9.64. The Hall–Kier alpha value is -1.39. The largest absolute Gasteiger partial charge is 0.350 e. The molecule has 24 heavy (non-hydrogen) atoms. The number of nitrogens with zero attached hydrogens (tertiary/aromatic N) is 2. The maximum Gasteiger partial charge on any atom is 0.237 e. The average Bonchev–Trinajstić information content (AvgIpc) is 3.23. The van der Waals surface area contributed by atoms with E-state index in [1.165, 1.54) is 31.4 Å². The van der Waals surface area contributed by atoms with Crippen molar-refractivity contribution in [3.05, 3.63) is 35.9 Å². The van der Waals surface area contributed by atoms with E-state index in [0.717, 1.165) is 38.9 Å². The Morgan fingerprint density at radius 1 is 1.00 bits per heavy atom. The number of hydrogen-bond acceptors (Lipinski definition) is 3. The van der Waals surface area contributed by atoms with Gasteiger partial charge in [-0.15, -0.1) is 0 Å². The fourth-order valence-electron chi connectivity index (χ4n) is 4.82. The summed E-state index contributed by atoms with van der Waals surface area (Å²) in [7, 11) is 0. The van der Waals surface area contributed by atoms with Crippen molar-refractivity contribution in [1.29, 1.82) is 0 Å². The first-order valence-corrected chi connectivity index (χ1v) is 9.64. The summed E-state index contributed by atoms with van der Waals surface area (Å²) >= 11 is 0. The van der Waals surface area contributed by atoms with Crippen LogP contribution < -0.4 is 5.32 Å². The molecule has 0 aromatic heterocycles. The molecule has 1 aromatic rings. The predicted octanol–water partition coefficient (Wildman–Crippen LogP) is 2.39. The number of benzene rings is 1. The van der Waals surface area contributed by atoms with Crippen molar-refractivity contribution in [2.45, 2.75) is 63.2 Å². The van der Waals surface area contributed by atoms with Gasteiger partial charge in [0.2, 0.25) is 5.91 Å². The van der Waals surface area contributed by atoms with Crippen molar-refractivity contribution >= 4 is 5.91 Å². The molecule has 3 heterocycles. The molecule has 0 unspecified atom stereocenters. The Morgan fingerprint density at radius 2 is 1.88 bits per heavy atom. The minimum atomic E-state index is 0.0582. The molecule has 0 radical (unpaired) electrons. The molecule has 1 amide bonds. The number of likely N-dealkylation sites (tertiary alicyclic amines) is 1. The number of rotatable bonds is 4. The lowest BCUT2D eigenvalue weighted by atomic mass is 9.98. The maximum atomic E-state index is 12.9. The monoisotopic (exact) mass is 327 g/mol. The zero-order chi connectivity index (χ0) is 16.4. The van der Waals surface area contributed by atoms with E-state index in [0.29, 0.717) is 12.1 Å². The molecule has 4 heteroatoms. The average molecular weight is 327 g/mol. The Kier molecular flexibility index (Phi) is 4.86. The lowest BCUT2D eigenvalue weighted by Gasteiger charge is -2.33. The lowest BCUT2D eigenvalue weighted by molar-refractivity contribution is -0.126. The number of hydrogen-bond donors (Lipinski definition) is 1. The van der Waals surface area contributed by atoms with Crippen LogP contribution in [0.15, 0.2) is 30.3 Å². The maximum absolute atomic E-state index is 12.9. The molecule has 3 aliphatic heterocycles. The fourth-order valence-corrected chi connectivity index (χ4v) is 4.82. The molecule has 1 aromatic carbocycles. The van der Waals surface area contributed by atoms with Crippen molar-refractivity contribution in [1.82, 2.24) is 15.1 Å². The van der Waals surface area contributed by atoms with Crippen LogP contribution in [-0.4, -0.2) is 53.5 Å². The highest BCUT2D eigenvalue weighted by molar-refractivity contribution is 5.82. The van der Waals surface area contributed by atoms with Gasteiger partial charge in [-0.2, -0.15) is 0 Å². The van der Waals surface area contributed by atoms with Crippen molar-refractivity contribution in [2.75, 3.05) is 19.6 Å². The fraction of sp³-hybridized carbons (Fsp3) is 0.650. The number of piperidine rings is 1. The van der Waals surface area contributed by atoms with Gasteiger partial charge in [-0.05, 0) is 50.8 Å². The Morgan fingerprint density at radius 3 is 2.75 bits per heavy atom. The molecular weight excluding hydrogens is 298 g/mol. The molecule has 130 valence electrons. The van der Waals surface area contributed by atoms with Gasteiger partial charge >= 0.3 is 0 Å². The number of fused-ring (bicyclic) bond motifs is 1. The van der Waals surface area contributed by atoms with Crippen LogP contribution in [0.1, 0.15) is 44.1 Å². The molecule has 1 N–H and O–H groups in total. The summed E-state index contributed by atoms with van der Waals surface area (Å²) in [6, 6.07) is 11.5. The van der Waals surface area contributed by atoms with Gasteiger partial charge in [0.15, 0.2) is 0 Å². The van der Waals surface area contributed by atoms with Gasteiger partial charge in [-0.25, -0.2) is 0 Å². The minimum Gasteiger partial charge on any atom is -0.350 e. The van der Waals surface area contributed by atoms with Crippen molar-refractivity contribution in [3.63, 3.8) is 0 Å². The SMILES string of the molecule is O=C(N[C@@H]1CCN2CCCC[C@@H]12)[C@@H]1CCCN1Cc1ccccc1. The van der Waals surface area contributed by atoms with Crippen LogP contribution in [0, 0.1) is 0 Å². The van der Waals surface area contributed by atoms with E-state index in [2.05, 4.69) is 39.4 Å². The normalized spacial score (nSPS) is 31.1. The van der Waals surface area contributed by atoms with E-state index in [4.69, 9.17) is 0 Å². The van der Waals surface area contributed by atoms with Gasteiger partial charge in [0, 0.05) is 25.2 Å². The summed E-state index contributed by atoms with van der Waals surface area (Å²) < 4.78 is 0. The van der Waals surface area contributed by atoms with Crippen LogP contribution in [0.2, 0.25) is 0 Å². The van der Waals surface area contributed by atoms with Gasteiger partial charge in [0.25, 0.3) is 0 Å². The van der Waals surface area contributed by atoms with Gasteiger partial charge in [0.05, 0.1) is 6.04 Å². The highest BCUT2D eigenvalue weighted by Crippen LogP contribution is 2.28. The van der Waals surface area contributed by atoms with E-state index in [-0.39, 0.29) is 11.9 Å². The van der Waals surface area contributed by atoms with Gasteiger partial charge in [-0.3, -0.25) is 14.6 Å². The summed E-state index contributed by atoms with van der Waals surface area (Å²) in [5, 5.41) is 3.41. The highest BCUT2D eigenvalue weighted by atomic mass is 16.2. The molecule has 3 fully saturated rings. The zero-order valence-corrected chi connectivity index (χ0v) is 14.5. The van der Waals surface area contributed by atoms with Gasteiger partial charge < -0.3 is 5.32 Å². The molecule has 4 nitrogen and oxygen atoms in total. The summed E-state index contributed by atoms with van der Waals surface area (Å²) in [6.45, 7) is 4.31. The van der Waals surface area contributed by atoms with Crippen LogP contribution >= 0.6 is 0 Å². The topological polar surface area (TPSA) is 35.6 Å². The van der Waals surface area contributed by atoms with E-state index in [1.54, 1.807) is 0 Å². The van der Waals surface area contributed by atoms with Crippen LogP contribution in [-0.2, 0) is 11.3 Å². The van der Waals surface area contributed by atoms with Gasteiger partial charge in [-0.1, -0.05) is 36.8 Å². The number of nitrogens with one attached hydrogen (secondary N) is 1. The third-order valence-corrected chi connectivity index (χ3v) is 6.08. The first-order chi connectivity index (χ1) is 11.8. The summed E-state index contributed by atoms with van der Waals surface area (Å²) in [5.41, 5.74) is 1.30. The highest BCUT2D eigenvalue weighted by Gasteiger charge is 2.38. The Labute approximate surface area is 145 Å². The number of carbonyl (C=O) groups excluding carboxylic acids is 1. The zero-order valence-electron chi connectivity index (χ0n) is 14.5. The number of carbonyl (C=O) groups is 1. The van der Waals surface area contributed by atoms with E-state index in [9.17, 15) is 4.79 Å². The molecule has 3 saturated heterocycles. The van der Waals surface area contributed by atoms with E-state index < -0.39 is 0 Å². The van der Waals surface area contributed by atoms with Crippen molar-refractivity contribution in [3.8, 4) is 0 Å². The Bertz CT molecular complexity index is 561. The summed E-state index contributed by atoms with van der Waals surface area (Å²) in [5.74, 6) is 0.265. The van der Waals surface area contributed by atoms with Gasteiger partial charge in [0.1, 0.15) is 0 Å².